The molecule has 0 saturated carbocycles. The average molecular weight is 400 g/mol. The number of aryl methyl sites for hydroxylation is 2. The lowest BCUT2D eigenvalue weighted by Crippen LogP contribution is -2.41. The zero-order chi connectivity index (χ0) is 20.7. The molecule has 1 saturated heterocycles. The molecule has 4 aromatic rings. The second kappa shape index (κ2) is 7.44. The highest BCUT2D eigenvalue weighted by atomic mass is 16.3. The average Bonchev–Trinajstić information content (AvgIpc) is 3.15. The smallest absolute Gasteiger partial charge is 0.229 e. The molecule has 5 rings (SSSR count). The number of para-hydroxylation sites is 1. The number of hydrogen-bond acceptors (Lipinski definition) is 5. The summed E-state index contributed by atoms with van der Waals surface area (Å²) < 4.78 is 6.09. The number of aromatic nitrogens is 2. The number of rotatable bonds is 3. The number of hydrogen-bond donors (Lipinski definition) is 1. The molecule has 3 heterocycles. The number of fused-ring (bicyclic) bond motifs is 3. The Hall–Kier alpha value is -3.41. The Morgan fingerprint density at radius 1 is 1.13 bits per heavy atom. The third kappa shape index (κ3) is 3.28. The molecule has 0 radical (unpaired) electrons. The molecule has 1 atom stereocenters. The van der Waals surface area contributed by atoms with Gasteiger partial charge in [0.15, 0.2) is 11.4 Å². The first-order valence-electron chi connectivity index (χ1n) is 10.4. The van der Waals surface area contributed by atoms with Crippen molar-refractivity contribution in [1.29, 1.82) is 0 Å². The van der Waals surface area contributed by atoms with E-state index in [4.69, 9.17) is 4.42 Å². The number of carbonyl (C=O) groups is 1. The Labute approximate surface area is 174 Å². The fraction of sp³-hybridized carbons (Fsp3) is 0.292. The van der Waals surface area contributed by atoms with Crippen molar-refractivity contribution in [3.63, 3.8) is 0 Å². The fourth-order valence-corrected chi connectivity index (χ4v) is 4.18. The molecule has 152 valence electrons. The number of piperidine rings is 1. The van der Waals surface area contributed by atoms with Gasteiger partial charge in [0.1, 0.15) is 17.4 Å². The minimum atomic E-state index is -0.102. The molecule has 30 heavy (non-hydrogen) atoms. The topological polar surface area (TPSA) is 71.3 Å². The maximum Gasteiger partial charge on any atom is 0.229 e. The highest BCUT2D eigenvalue weighted by Crippen LogP contribution is 2.34. The van der Waals surface area contributed by atoms with E-state index in [0.717, 1.165) is 47.4 Å². The molecular weight excluding hydrogens is 376 g/mol. The van der Waals surface area contributed by atoms with Crippen LogP contribution in [0.25, 0.3) is 22.1 Å². The van der Waals surface area contributed by atoms with E-state index in [9.17, 15) is 4.79 Å². The van der Waals surface area contributed by atoms with Gasteiger partial charge in [0.2, 0.25) is 5.91 Å². The number of amides is 1. The van der Waals surface area contributed by atoms with Crippen molar-refractivity contribution in [2.45, 2.75) is 26.7 Å². The van der Waals surface area contributed by atoms with Crippen molar-refractivity contribution in [3.05, 3.63) is 59.9 Å². The van der Waals surface area contributed by atoms with E-state index in [2.05, 4.69) is 34.0 Å². The Morgan fingerprint density at radius 3 is 2.87 bits per heavy atom. The Morgan fingerprint density at radius 2 is 2.00 bits per heavy atom. The summed E-state index contributed by atoms with van der Waals surface area (Å²) in [7, 11) is 0. The van der Waals surface area contributed by atoms with E-state index in [1.165, 1.54) is 11.1 Å². The molecule has 1 fully saturated rings. The molecule has 2 aromatic carbocycles. The summed E-state index contributed by atoms with van der Waals surface area (Å²) in [5, 5.41) is 4.07. The molecule has 2 aromatic heterocycles. The normalized spacial score (nSPS) is 16.9. The first-order valence-corrected chi connectivity index (χ1v) is 10.4. The third-order valence-electron chi connectivity index (χ3n) is 6.01. The van der Waals surface area contributed by atoms with Crippen molar-refractivity contribution in [1.82, 2.24) is 9.97 Å². The highest BCUT2D eigenvalue weighted by molar-refractivity contribution is 6.05. The van der Waals surface area contributed by atoms with Gasteiger partial charge in [0.05, 0.1) is 5.92 Å². The fourth-order valence-electron chi connectivity index (χ4n) is 4.18. The summed E-state index contributed by atoms with van der Waals surface area (Å²) in [6, 6.07) is 13.9. The monoisotopic (exact) mass is 400 g/mol. The third-order valence-corrected chi connectivity index (χ3v) is 6.01. The van der Waals surface area contributed by atoms with Gasteiger partial charge in [-0.25, -0.2) is 9.97 Å². The highest BCUT2D eigenvalue weighted by Gasteiger charge is 2.28. The van der Waals surface area contributed by atoms with Gasteiger partial charge in [-0.3, -0.25) is 4.79 Å². The molecule has 6 heteroatoms. The minimum absolute atomic E-state index is 0.0536. The Kier molecular flexibility index (Phi) is 4.62. The lowest BCUT2D eigenvalue weighted by Gasteiger charge is -2.32. The van der Waals surface area contributed by atoms with E-state index in [1.807, 2.05) is 42.5 Å². The largest absolute Gasteiger partial charge is 0.450 e. The summed E-state index contributed by atoms with van der Waals surface area (Å²) in [6.07, 6.45) is 3.37. The number of nitrogens with one attached hydrogen (secondary N) is 1. The summed E-state index contributed by atoms with van der Waals surface area (Å²) in [4.78, 5) is 24.1. The SMILES string of the molecule is Cc1ccc(NC(=O)[C@@H]2CCCN(c3ncnc4c3oc3ccccc34)C2)cc1C. The van der Waals surface area contributed by atoms with Crippen LogP contribution in [0.15, 0.2) is 53.2 Å². The van der Waals surface area contributed by atoms with Crippen LogP contribution in [-0.4, -0.2) is 29.0 Å². The van der Waals surface area contributed by atoms with Gasteiger partial charge < -0.3 is 14.6 Å². The van der Waals surface area contributed by atoms with Crippen molar-refractivity contribution in [2.24, 2.45) is 5.92 Å². The molecule has 1 amide bonds. The minimum Gasteiger partial charge on any atom is -0.450 e. The molecule has 0 bridgehead atoms. The van der Waals surface area contributed by atoms with Gasteiger partial charge in [-0.05, 0) is 62.1 Å². The Balaban J connectivity index is 1.40. The number of anilines is 2. The summed E-state index contributed by atoms with van der Waals surface area (Å²) >= 11 is 0. The quantitative estimate of drug-likeness (QED) is 0.532. The van der Waals surface area contributed by atoms with E-state index in [1.54, 1.807) is 6.33 Å². The van der Waals surface area contributed by atoms with Gasteiger partial charge >= 0.3 is 0 Å². The molecule has 0 spiro atoms. The van der Waals surface area contributed by atoms with E-state index in [-0.39, 0.29) is 11.8 Å². The zero-order valence-corrected chi connectivity index (χ0v) is 17.2. The van der Waals surface area contributed by atoms with Crippen molar-refractivity contribution in [2.75, 3.05) is 23.3 Å². The second-order valence-corrected chi connectivity index (χ2v) is 8.05. The van der Waals surface area contributed by atoms with Gasteiger partial charge in [0, 0.05) is 24.2 Å². The summed E-state index contributed by atoms with van der Waals surface area (Å²) in [6.45, 7) is 5.58. The van der Waals surface area contributed by atoms with Crippen LogP contribution in [0.2, 0.25) is 0 Å². The van der Waals surface area contributed by atoms with Crippen LogP contribution in [0.5, 0.6) is 0 Å². The van der Waals surface area contributed by atoms with Crippen LogP contribution in [0.1, 0.15) is 24.0 Å². The maximum absolute atomic E-state index is 13.0. The number of benzene rings is 2. The standard InChI is InChI=1S/C24H24N4O2/c1-15-9-10-18(12-16(15)2)27-24(29)17-6-5-11-28(13-17)23-22-21(25-14-26-23)19-7-3-4-8-20(19)30-22/h3-4,7-10,12,14,17H,5-6,11,13H2,1-2H3,(H,27,29)/t17-/m1/s1. The van der Waals surface area contributed by atoms with Crippen LogP contribution in [0.3, 0.4) is 0 Å². The predicted octanol–water partition coefficient (Wildman–Crippen LogP) is 4.85. The van der Waals surface area contributed by atoms with E-state index >= 15 is 0 Å². The maximum atomic E-state index is 13.0. The molecule has 0 aliphatic carbocycles. The van der Waals surface area contributed by atoms with Gasteiger partial charge in [-0.2, -0.15) is 0 Å². The Bertz CT molecular complexity index is 1250. The predicted molar refractivity (Wildman–Crippen MR) is 119 cm³/mol. The molecule has 1 aliphatic rings. The molecule has 0 unspecified atom stereocenters. The summed E-state index contributed by atoms with van der Waals surface area (Å²) in [5.74, 6) is 0.715. The number of carbonyl (C=O) groups excluding carboxylic acids is 1. The van der Waals surface area contributed by atoms with Crippen LogP contribution in [0, 0.1) is 19.8 Å². The summed E-state index contributed by atoms with van der Waals surface area (Å²) in [5.41, 5.74) is 5.55. The number of nitrogens with zero attached hydrogens (tertiary/aromatic N) is 3. The molecule has 1 N–H and O–H groups in total. The molecule has 6 nitrogen and oxygen atoms in total. The van der Waals surface area contributed by atoms with Crippen molar-refractivity contribution in [3.8, 4) is 0 Å². The lowest BCUT2D eigenvalue weighted by molar-refractivity contribution is -0.120. The number of furan rings is 1. The van der Waals surface area contributed by atoms with Crippen LogP contribution < -0.4 is 10.2 Å². The molecule has 1 aliphatic heterocycles. The van der Waals surface area contributed by atoms with Crippen LogP contribution >= 0.6 is 0 Å². The van der Waals surface area contributed by atoms with Crippen LogP contribution in [-0.2, 0) is 4.79 Å². The van der Waals surface area contributed by atoms with E-state index in [0.29, 0.717) is 12.1 Å². The lowest BCUT2D eigenvalue weighted by atomic mass is 9.96. The van der Waals surface area contributed by atoms with Crippen LogP contribution in [0.4, 0.5) is 11.5 Å². The van der Waals surface area contributed by atoms with Gasteiger partial charge in [0.25, 0.3) is 0 Å². The van der Waals surface area contributed by atoms with Gasteiger partial charge in [-0.15, -0.1) is 0 Å². The van der Waals surface area contributed by atoms with Crippen molar-refractivity contribution < 1.29 is 9.21 Å². The van der Waals surface area contributed by atoms with Gasteiger partial charge in [-0.1, -0.05) is 18.2 Å². The zero-order valence-electron chi connectivity index (χ0n) is 17.2. The van der Waals surface area contributed by atoms with Crippen molar-refractivity contribution >= 4 is 39.5 Å². The first kappa shape index (κ1) is 18.6. The molecular formula is C24H24N4O2. The first-order chi connectivity index (χ1) is 14.6. The van der Waals surface area contributed by atoms with E-state index < -0.39 is 0 Å². The second-order valence-electron chi connectivity index (χ2n) is 8.05.